The fourth-order valence-corrected chi connectivity index (χ4v) is 3.39. The number of carbonyl (C=O) groups is 2. The lowest BCUT2D eigenvalue weighted by molar-refractivity contribution is -0.134. The average Bonchev–Trinajstić information content (AvgIpc) is 2.64. The van der Waals surface area contributed by atoms with Gasteiger partial charge >= 0.3 is 5.97 Å². The zero-order valence-electron chi connectivity index (χ0n) is 15.6. The monoisotopic (exact) mass is 363 g/mol. The SMILES string of the molecule is COCCN1CCCC(CN(C)C(=O)c2ccccc2NCC(=O)O)C1. The normalized spacial score (nSPS) is 17.7. The van der Waals surface area contributed by atoms with Crippen LogP contribution < -0.4 is 5.32 Å². The molecule has 1 aromatic carbocycles. The van der Waals surface area contributed by atoms with Crippen LogP contribution in [0.2, 0.25) is 0 Å². The summed E-state index contributed by atoms with van der Waals surface area (Å²) in [4.78, 5) is 27.8. The Morgan fingerprint density at radius 1 is 1.38 bits per heavy atom. The molecular weight excluding hydrogens is 334 g/mol. The first-order valence-corrected chi connectivity index (χ1v) is 9.02. The first kappa shape index (κ1) is 20.2. The Labute approximate surface area is 154 Å². The minimum atomic E-state index is -0.959. The largest absolute Gasteiger partial charge is 0.480 e. The van der Waals surface area contributed by atoms with Gasteiger partial charge in [0.15, 0.2) is 0 Å². The number of carboxylic acids is 1. The summed E-state index contributed by atoms with van der Waals surface area (Å²) in [5, 5.41) is 11.7. The number of aliphatic carboxylic acids is 1. The van der Waals surface area contributed by atoms with Crippen LogP contribution in [0.25, 0.3) is 0 Å². The van der Waals surface area contributed by atoms with Crippen LogP contribution in [0.15, 0.2) is 24.3 Å². The number of hydrogen-bond acceptors (Lipinski definition) is 5. The van der Waals surface area contributed by atoms with Crippen molar-refractivity contribution in [2.24, 2.45) is 5.92 Å². The molecule has 0 aromatic heterocycles. The zero-order valence-corrected chi connectivity index (χ0v) is 15.6. The molecule has 26 heavy (non-hydrogen) atoms. The Bertz CT molecular complexity index is 608. The third kappa shape index (κ3) is 6.00. The number of ether oxygens (including phenoxy) is 1. The van der Waals surface area contributed by atoms with Gasteiger partial charge in [-0.3, -0.25) is 9.59 Å². The lowest BCUT2D eigenvalue weighted by Crippen LogP contribution is -2.42. The number of carboxylic acid groups (broad SMARTS) is 1. The second kappa shape index (κ2) is 10.1. The van der Waals surface area contributed by atoms with E-state index in [1.165, 1.54) is 0 Å². The molecular formula is C19H29N3O4. The highest BCUT2D eigenvalue weighted by molar-refractivity contribution is 5.99. The molecule has 1 fully saturated rings. The predicted octanol–water partition coefficient (Wildman–Crippen LogP) is 1.61. The van der Waals surface area contributed by atoms with Gasteiger partial charge in [-0.25, -0.2) is 0 Å². The molecule has 0 spiro atoms. The van der Waals surface area contributed by atoms with E-state index in [2.05, 4.69) is 10.2 Å². The fraction of sp³-hybridized carbons (Fsp3) is 0.579. The van der Waals surface area contributed by atoms with E-state index in [1.54, 1.807) is 36.3 Å². The number of rotatable bonds is 9. The van der Waals surface area contributed by atoms with Crippen molar-refractivity contribution in [1.29, 1.82) is 0 Å². The molecule has 1 aliphatic rings. The third-order valence-corrected chi connectivity index (χ3v) is 4.68. The van der Waals surface area contributed by atoms with E-state index >= 15 is 0 Å². The number of amides is 1. The summed E-state index contributed by atoms with van der Waals surface area (Å²) in [6.45, 7) is 4.18. The molecule has 0 bridgehead atoms. The van der Waals surface area contributed by atoms with E-state index in [1.807, 2.05) is 7.05 Å². The number of hydrogen-bond donors (Lipinski definition) is 2. The topological polar surface area (TPSA) is 82.1 Å². The highest BCUT2D eigenvalue weighted by Gasteiger charge is 2.24. The van der Waals surface area contributed by atoms with Crippen molar-refractivity contribution >= 4 is 17.6 Å². The van der Waals surface area contributed by atoms with Crippen LogP contribution in [0.4, 0.5) is 5.69 Å². The molecule has 144 valence electrons. The highest BCUT2D eigenvalue weighted by Crippen LogP contribution is 2.20. The molecule has 0 saturated carbocycles. The van der Waals surface area contributed by atoms with Crippen molar-refractivity contribution in [3.05, 3.63) is 29.8 Å². The molecule has 1 amide bonds. The fourth-order valence-electron chi connectivity index (χ4n) is 3.39. The number of benzene rings is 1. The first-order chi connectivity index (χ1) is 12.5. The van der Waals surface area contributed by atoms with Gasteiger partial charge in [0, 0.05) is 39.5 Å². The van der Waals surface area contributed by atoms with Gasteiger partial charge in [0.1, 0.15) is 6.54 Å². The second-order valence-corrected chi connectivity index (χ2v) is 6.78. The second-order valence-electron chi connectivity index (χ2n) is 6.78. The summed E-state index contributed by atoms with van der Waals surface area (Å²) in [6, 6.07) is 7.04. The molecule has 7 nitrogen and oxygen atoms in total. The Kier molecular flexibility index (Phi) is 7.87. The van der Waals surface area contributed by atoms with Gasteiger partial charge in [0.2, 0.25) is 0 Å². The smallest absolute Gasteiger partial charge is 0.322 e. The molecule has 1 aliphatic heterocycles. The van der Waals surface area contributed by atoms with E-state index in [4.69, 9.17) is 9.84 Å². The number of nitrogens with one attached hydrogen (secondary N) is 1. The van der Waals surface area contributed by atoms with Crippen LogP contribution in [0.3, 0.4) is 0 Å². The Morgan fingerprint density at radius 3 is 2.88 bits per heavy atom. The van der Waals surface area contributed by atoms with Gasteiger partial charge in [0.05, 0.1) is 12.2 Å². The minimum Gasteiger partial charge on any atom is -0.480 e. The molecule has 2 rings (SSSR count). The van der Waals surface area contributed by atoms with Gasteiger partial charge in [-0.1, -0.05) is 12.1 Å². The van der Waals surface area contributed by atoms with Gasteiger partial charge in [0.25, 0.3) is 5.91 Å². The maximum Gasteiger partial charge on any atom is 0.322 e. The molecule has 7 heteroatoms. The number of piperidine rings is 1. The number of carbonyl (C=O) groups excluding carboxylic acids is 1. The number of nitrogens with zero attached hydrogens (tertiary/aromatic N) is 2. The Morgan fingerprint density at radius 2 is 2.15 bits per heavy atom. The summed E-state index contributed by atoms with van der Waals surface area (Å²) in [6.07, 6.45) is 2.24. The molecule has 1 heterocycles. The average molecular weight is 363 g/mol. The maximum atomic E-state index is 12.8. The van der Waals surface area contributed by atoms with Crippen molar-refractivity contribution in [1.82, 2.24) is 9.80 Å². The van der Waals surface area contributed by atoms with Crippen molar-refractivity contribution < 1.29 is 19.4 Å². The summed E-state index contributed by atoms with van der Waals surface area (Å²) < 4.78 is 5.15. The molecule has 0 aliphatic carbocycles. The van der Waals surface area contributed by atoms with Crippen LogP contribution in [0.1, 0.15) is 23.2 Å². The minimum absolute atomic E-state index is 0.0903. The number of anilines is 1. The van der Waals surface area contributed by atoms with Gasteiger partial charge in [-0.2, -0.15) is 0 Å². The van der Waals surface area contributed by atoms with Crippen molar-refractivity contribution in [2.75, 3.05) is 58.8 Å². The molecule has 1 saturated heterocycles. The van der Waals surface area contributed by atoms with E-state index in [0.717, 1.165) is 39.1 Å². The van der Waals surface area contributed by atoms with E-state index in [-0.39, 0.29) is 12.5 Å². The lowest BCUT2D eigenvalue weighted by atomic mass is 9.97. The van der Waals surface area contributed by atoms with Crippen molar-refractivity contribution in [3.8, 4) is 0 Å². The van der Waals surface area contributed by atoms with Crippen LogP contribution >= 0.6 is 0 Å². The van der Waals surface area contributed by atoms with Crippen LogP contribution in [0.5, 0.6) is 0 Å². The molecule has 0 radical (unpaired) electrons. The third-order valence-electron chi connectivity index (χ3n) is 4.68. The maximum absolute atomic E-state index is 12.8. The Hall–Kier alpha value is -2.12. The van der Waals surface area contributed by atoms with E-state index in [0.29, 0.717) is 23.7 Å². The predicted molar refractivity (Wildman–Crippen MR) is 101 cm³/mol. The number of likely N-dealkylation sites (tertiary alicyclic amines) is 1. The van der Waals surface area contributed by atoms with Crippen LogP contribution in [-0.2, 0) is 9.53 Å². The van der Waals surface area contributed by atoms with Gasteiger partial charge in [-0.15, -0.1) is 0 Å². The lowest BCUT2D eigenvalue weighted by Gasteiger charge is -2.34. The quantitative estimate of drug-likeness (QED) is 0.694. The van der Waals surface area contributed by atoms with Crippen LogP contribution in [0, 0.1) is 5.92 Å². The summed E-state index contributed by atoms with van der Waals surface area (Å²) >= 11 is 0. The van der Waals surface area contributed by atoms with Crippen LogP contribution in [-0.4, -0.2) is 80.3 Å². The van der Waals surface area contributed by atoms with Gasteiger partial charge < -0.3 is 25.0 Å². The summed E-state index contributed by atoms with van der Waals surface area (Å²) in [7, 11) is 3.52. The number of para-hydroxylation sites is 1. The molecule has 1 unspecified atom stereocenters. The van der Waals surface area contributed by atoms with E-state index in [9.17, 15) is 9.59 Å². The summed E-state index contributed by atoms with van der Waals surface area (Å²) in [5.74, 6) is -0.611. The highest BCUT2D eigenvalue weighted by atomic mass is 16.5. The first-order valence-electron chi connectivity index (χ1n) is 9.02. The standard InChI is InChI=1S/C19H29N3O4/c1-21(13-15-6-5-9-22(14-15)10-11-26-2)19(25)16-7-3-4-8-17(16)20-12-18(23)24/h3-4,7-8,15,20H,5-6,9-14H2,1-2H3,(H,23,24). The summed E-state index contributed by atoms with van der Waals surface area (Å²) in [5.41, 5.74) is 1.06. The van der Waals surface area contributed by atoms with E-state index < -0.39 is 5.97 Å². The van der Waals surface area contributed by atoms with Crippen molar-refractivity contribution in [3.63, 3.8) is 0 Å². The molecule has 1 atom stereocenters. The molecule has 1 aromatic rings. The van der Waals surface area contributed by atoms with Crippen molar-refractivity contribution in [2.45, 2.75) is 12.8 Å². The zero-order chi connectivity index (χ0) is 18.9. The van der Waals surface area contributed by atoms with Gasteiger partial charge in [-0.05, 0) is 37.4 Å². The Balaban J connectivity index is 1.96. The number of methoxy groups -OCH3 is 1. The molecule has 2 N–H and O–H groups in total.